The topological polar surface area (TPSA) is 56.8 Å². The van der Waals surface area contributed by atoms with E-state index in [1.165, 1.54) is 24.3 Å². The summed E-state index contributed by atoms with van der Waals surface area (Å²) in [7, 11) is 0. The Kier molecular flexibility index (Phi) is 5.41. The molecule has 0 atom stereocenters. The Hall–Kier alpha value is -2.33. The maximum atomic E-state index is 13.1. The highest BCUT2D eigenvalue weighted by atomic mass is 19.1. The largest absolute Gasteiger partial charge is 0.493 e. The number of hydrogen-bond acceptors (Lipinski definition) is 3. The van der Waals surface area contributed by atoms with Crippen molar-refractivity contribution in [1.29, 1.82) is 10.5 Å². The molecule has 18 heavy (non-hydrogen) atoms. The molecule has 0 spiro atoms. The van der Waals surface area contributed by atoms with Crippen LogP contribution in [0.2, 0.25) is 0 Å². The van der Waals surface area contributed by atoms with Crippen molar-refractivity contribution in [3.8, 4) is 17.9 Å². The lowest BCUT2D eigenvalue weighted by Crippen LogP contribution is -1.98. The van der Waals surface area contributed by atoms with Gasteiger partial charge in [-0.2, -0.15) is 10.5 Å². The minimum atomic E-state index is -0.408. The first-order chi connectivity index (χ1) is 8.71. The molecule has 0 aromatic heterocycles. The van der Waals surface area contributed by atoms with Gasteiger partial charge in [0.25, 0.3) is 0 Å². The molecule has 0 aliphatic rings. The van der Waals surface area contributed by atoms with E-state index in [9.17, 15) is 4.39 Å². The molecule has 4 heteroatoms. The van der Waals surface area contributed by atoms with Gasteiger partial charge in [-0.05, 0) is 24.6 Å². The second kappa shape index (κ2) is 7.09. The summed E-state index contributed by atoms with van der Waals surface area (Å²) in [6, 6.07) is 7.54. The molecule has 0 aliphatic carbocycles. The fourth-order valence-corrected chi connectivity index (χ4v) is 1.32. The molecule has 1 aromatic carbocycles. The average Bonchev–Trinajstić information content (AvgIpc) is 2.38. The van der Waals surface area contributed by atoms with Crippen LogP contribution in [0.15, 0.2) is 23.8 Å². The zero-order chi connectivity index (χ0) is 13.4. The molecule has 0 bridgehead atoms. The first-order valence-electron chi connectivity index (χ1n) is 5.65. The van der Waals surface area contributed by atoms with E-state index in [0.29, 0.717) is 17.9 Å². The molecule has 0 radical (unpaired) electrons. The van der Waals surface area contributed by atoms with Crippen LogP contribution < -0.4 is 4.74 Å². The Bertz CT molecular complexity index is 508. The van der Waals surface area contributed by atoms with Crippen molar-refractivity contribution in [1.82, 2.24) is 0 Å². The molecule has 0 heterocycles. The van der Waals surface area contributed by atoms with Crippen LogP contribution in [-0.4, -0.2) is 6.61 Å². The molecule has 0 saturated carbocycles. The summed E-state index contributed by atoms with van der Waals surface area (Å²) in [5.74, 6) is -0.0550. The Labute approximate surface area is 106 Å². The summed E-state index contributed by atoms with van der Waals surface area (Å²) in [5, 5.41) is 17.4. The second-order valence-electron chi connectivity index (χ2n) is 3.67. The van der Waals surface area contributed by atoms with Gasteiger partial charge in [0, 0.05) is 11.6 Å². The molecule has 0 saturated heterocycles. The van der Waals surface area contributed by atoms with Crippen molar-refractivity contribution in [2.75, 3.05) is 6.61 Å². The lowest BCUT2D eigenvalue weighted by atomic mass is 10.1. The number of benzene rings is 1. The van der Waals surface area contributed by atoms with Gasteiger partial charge in [0.15, 0.2) is 0 Å². The Morgan fingerprint density at radius 2 is 2.11 bits per heavy atom. The predicted octanol–water partition coefficient (Wildman–Crippen LogP) is 3.44. The highest BCUT2D eigenvalue weighted by molar-refractivity contribution is 5.66. The minimum absolute atomic E-state index is 0.0399. The number of allylic oxidation sites excluding steroid dienone is 1. The summed E-state index contributed by atoms with van der Waals surface area (Å²) in [4.78, 5) is 0. The summed E-state index contributed by atoms with van der Waals surface area (Å²) in [6.07, 6.45) is 3.23. The number of hydrogen-bond donors (Lipinski definition) is 0. The molecular formula is C14H13FN2O. The molecule has 3 nitrogen and oxygen atoms in total. The van der Waals surface area contributed by atoms with Crippen LogP contribution >= 0.6 is 0 Å². The van der Waals surface area contributed by atoms with E-state index in [1.54, 1.807) is 12.1 Å². The first-order valence-corrected chi connectivity index (χ1v) is 5.65. The fourth-order valence-electron chi connectivity index (χ4n) is 1.32. The number of halogens is 1. The van der Waals surface area contributed by atoms with E-state index in [0.717, 1.165) is 12.8 Å². The van der Waals surface area contributed by atoms with Crippen LogP contribution in [-0.2, 0) is 0 Å². The molecule has 0 fully saturated rings. The average molecular weight is 244 g/mol. The molecule has 0 N–H and O–H groups in total. The Balaban J connectivity index is 3.01. The number of nitriles is 2. The highest BCUT2D eigenvalue weighted by Crippen LogP contribution is 2.23. The molecule has 0 amide bonds. The van der Waals surface area contributed by atoms with Gasteiger partial charge in [-0.15, -0.1) is 0 Å². The summed E-state index contributed by atoms with van der Waals surface area (Å²) in [6.45, 7) is 2.51. The third-order valence-electron chi connectivity index (χ3n) is 2.27. The minimum Gasteiger partial charge on any atom is -0.493 e. The van der Waals surface area contributed by atoms with Crippen molar-refractivity contribution < 1.29 is 9.13 Å². The second-order valence-corrected chi connectivity index (χ2v) is 3.67. The van der Waals surface area contributed by atoms with Gasteiger partial charge in [0.2, 0.25) is 0 Å². The lowest BCUT2D eigenvalue weighted by molar-refractivity contribution is 0.307. The van der Waals surface area contributed by atoms with Crippen LogP contribution in [0, 0.1) is 28.5 Å². The van der Waals surface area contributed by atoms with E-state index in [2.05, 4.69) is 0 Å². The SMILES string of the molecule is CCCCOc1cc(F)ccc1C=C(C#N)C#N. The fraction of sp³-hybridized carbons (Fsp3) is 0.286. The van der Waals surface area contributed by atoms with Crippen molar-refractivity contribution >= 4 is 6.08 Å². The van der Waals surface area contributed by atoms with E-state index in [1.807, 2.05) is 6.92 Å². The van der Waals surface area contributed by atoms with E-state index >= 15 is 0 Å². The van der Waals surface area contributed by atoms with Gasteiger partial charge in [0.1, 0.15) is 29.3 Å². The Morgan fingerprint density at radius 1 is 1.39 bits per heavy atom. The standard InChI is InChI=1S/C14H13FN2O/c1-2-3-6-18-14-8-13(15)5-4-12(14)7-11(9-16)10-17/h4-5,7-8H,2-3,6H2,1H3. The first kappa shape index (κ1) is 13.7. The predicted molar refractivity (Wildman–Crippen MR) is 66.0 cm³/mol. The van der Waals surface area contributed by atoms with E-state index in [4.69, 9.17) is 15.3 Å². The van der Waals surface area contributed by atoms with E-state index in [-0.39, 0.29) is 5.57 Å². The van der Waals surface area contributed by atoms with Crippen molar-refractivity contribution in [3.05, 3.63) is 35.2 Å². The molecule has 0 unspecified atom stereocenters. The van der Waals surface area contributed by atoms with Crippen molar-refractivity contribution in [3.63, 3.8) is 0 Å². The molecule has 92 valence electrons. The smallest absolute Gasteiger partial charge is 0.130 e. The zero-order valence-electron chi connectivity index (χ0n) is 10.1. The van der Waals surface area contributed by atoms with Gasteiger partial charge >= 0.3 is 0 Å². The summed E-state index contributed by atoms with van der Waals surface area (Å²) >= 11 is 0. The quantitative estimate of drug-likeness (QED) is 0.589. The summed E-state index contributed by atoms with van der Waals surface area (Å²) in [5.41, 5.74) is 0.493. The number of unbranched alkanes of at least 4 members (excludes halogenated alkanes) is 1. The zero-order valence-corrected chi connectivity index (χ0v) is 10.1. The molecular weight excluding hydrogens is 231 g/mol. The maximum absolute atomic E-state index is 13.1. The maximum Gasteiger partial charge on any atom is 0.130 e. The van der Waals surface area contributed by atoms with Crippen LogP contribution in [0.25, 0.3) is 6.08 Å². The molecule has 0 aliphatic heterocycles. The Morgan fingerprint density at radius 3 is 2.72 bits per heavy atom. The van der Waals surface area contributed by atoms with Crippen LogP contribution in [0.5, 0.6) is 5.75 Å². The number of rotatable bonds is 5. The third kappa shape index (κ3) is 3.92. The monoisotopic (exact) mass is 244 g/mol. The van der Waals surface area contributed by atoms with Gasteiger partial charge in [0.05, 0.1) is 6.61 Å². The molecule has 1 rings (SSSR count). The summed E-state index contributed by atoms with van der Waals surface area (Å²) < 4.78 is 18.6. The lowest BCUT2D eigenvalue weighted by Gasteiger charge is -2.08. The van der Waals surface area contributed by atoms with Crippen LogP contribution in [0.4, 0.5) is 4.39 Å². The van der Waals surface area contributed by atoms with Gasteiger partial charge in [-0.25, -0.2) is 4.39 Å². The van der Waals surface area contributed by atoms with Crippen molar-refractivity contribution in [2.24, 2.45) is 0 Å². The number of nitrogens with zero attached hydrogens (tertiary/aromatic N) is 2. The van der Waals surface area contributed by atoms with Gasteiger partial charge in [-0.3, -0.25) is 0 Å². The number of ether oxygens (including phenoxy) is 1. The van der Waals surface area contributed by atoms with Gasteiger partial charge in [-0.1, -0.05) is 13.3 Å². The van der Waals surface area contributed by atoms with E-state index < -0.39 is 5.82 Å². The molecule has 1 aromatic rings. The normalized spacial score (nSPS) is 9.11. The van der Waals surface area contributed by atoms with Gasteiger partial charge < -0.3 is 4.74 Å². The third-order valence-corrected chi connectivity index (χ3v) is 2.27. The van der Waals surface area contributed by atoms with Crippen LogP contribution in [0.1, 0.15) is 25.3 Å². The highest BCUT2D eigenvalue weighted by Gasteiger charge is 2.05. The van der Waals surface area contributed by atoms with Crippen molar-refractivity contribution in [2.45, 2.75) is 19.8 Å². The van der Waals surface area contributed by atoms with Crippen LogP contribution in [0.3, 0.4) is 0 Å².